The van der Waals surface area contributed by atoms with Crippen LogP contribution in [0.4, 0.5) is 0 Å². The molecule has 2 nitrogen and oxygen atoms in total. The molecular formula is C6H14N2. The van der Waals surface area contributed by atoms with Crippen molar-refractivity contribution in [3.05, 3.63) is 12.2 Å². The minimum Gasteiger partial charge on any atom is -0.271 e. The SMILES string of the molecule is C=C(C)CC(C)NN. The Kier molecular flexibility index (Phi) is 3.48. The third-order valence-electron chi connectivity index (χ3n) is 0.939. The van der Waals surface area contributed by atoms with E-state index in [1.165, 1.54) is 0 Å². The number of hydrogen-bond donors (Lipinski definition) is 2. The van der Waals surface area contributed by atoms with Crippen molar-refractivity contribution in [3.8, 4) is 0 Å². The maximum atomic E-state index is 5.13. The number of rotatable bonds is 3. The molecule has 48 valence electrons. The summed E-state index contributed by atoms with van der Waals surface area (Å²) in [4.78, 5) is 0. The maximum Gasteiger partial charge on any atom is 0.0219 e. The number of nitrogens with one attached hydrogen (secondary N) is 1. The molecule has 0 spiro atoms. The van der Waals surface area contributed by atoms with Gasteiger partial charge in [-0.05, 0) is 20.3 Å². The first kappa shape index (κ1) is 7.66. The van der Waals surface area contributed by atoms with Gasteiger partial charge >= 0.3 is 0 Å². The third kappa shape index (κ3) is 3.84. The molecule has 0 aliphatic heterocycles. The van der Waals surface area contributed by atoms with Crippen LogP contribution in [0.25, 0.3) is 0 Å². The highest BCUT2D eigenvalue weighted by Gasteiger charge is 1.95. The van der Waals surface area contributed by atoms with Gasteiger partial charge in [0.15, 0.2) is 0 Å². The van der Waals surface area contributed by atoms with E-state index in [1.807, 2.05) is 13.8 Å². The van der Waals surface area contributed by atoms with Crippen LogP contribution in [-0.4, -0.2) is 6.04 Å². The fourth-order valence-corrected chi connectivity index (χ4v) is 0.582. The average molecular weight is 114 g/mol. The van der Waals surface area contributed by atoms with E-state index >= 15 is 0 Å². The van der Waals surface area contributed by atoms with Crippen molar-refractivity contribution < 1.29 is 0 Å². The van der Waals surface area contributed by atoms with Crippen LogP contribution in [0.2, 0.25) is 0 Å². The van der Waals surface area contributed by atoms with Crippen LogP contribution in [0, 0.1) is 0 Å². The summed E-state index contributed by atoms with van der Waals surface area (Å²) in [5, 5.41) is 0. The Morgan fingerprint density at radius 2 is 2.38 bits per heavy atom. The van der Waals surface area contributed by atoms with Crippen LogP contribution in [0.3, 0.4) is 0 Å². The Morgan fingerprint density at radius 3 is 2.50 bits per heavy atom. The van der Waals surface area contributed by atoms with Gasteiger partial charge in [-0.15, -0.1) is 6.58 Å². The molecule has 0 radical (unpaired) electrons. The number of hydrogen-bond acceptors (Lipinski definition) is 2. The van der Waals surface area contributed by atoms with E-state index < -0.39 is 0 Å². The predicted octanol–water partition coefficient (Wildman–Crippen LogP) is 0.804. The summed E-state index contributed by atoms with van der Waals surface area (Å²) < 4.78 is 0. The molecular weight excluding hydrogens is 100 g/mol. The summed E-state index contributed by atoms with van der Waals surface area (Å²) in [6, 6.07) is 0.354. The second kappa shape index (κ2) is 3.64. The first-order chi connectivity index (χ1) is 3.66. The number of hydrazine groups is 1. The molecule has 1 atom stereocenters. The highest BCUT2D eigenvalue weighted by molar-refractivity contribution is 4.90. The molecule has 0 aliphatic carbocycles. The molecule has 8 heavy (non-hydrogen) atoms. The third-order valence-corrected chi connectivity index (χ3v) is 0.939. The Hall–Kier alpha value is -0.340. The van der Waals surface area contributed by atoms with E-state index in [0.717, 1.165) is 12.0 Å². The Morgan fingerprint density at radius 1 is 1.88 bits per heavy atom. The smallest absolute Gasteiger partial charge is 0.0219 e. The van der Waals surface area contributed by atoms with Crippen LogP contribution < -0.4 is 11.3 Å². The van der Waals surface area contributed by atoms with Crippen molar-refractivity contribution in [2.75, 3.05) is 0 Å². The van der Waals surface area contributed by atoms with Crippen LogP contribution in [0.1, 0.15) is 20.3 Å². The molecule has 1 unspecified atom stereocenters. The Balaban J connectivity index is 3.24. The minimum atomic E-state index is 0.354. The van der Waals surface area contributed by atoms with Gasteiger partial charge in [-0.2, -0.15) is 0 Å². The first-order valence-corrected chi connectivity index (χ1v) is 2.77. The van der Waals surface area contributed by atoms with E-state index in [9.17, 15) is 0 Å². The fraction of sp³-hybridized carbons (Fsp3) is 0.667. The van der Waals surface area contributed by atoms with Crippen molar-refractivity contribution >= 4 is 0 Å². The zero-order valence-electron chi connectivity index (χ0n) is 5.57. The summed E-state index contributed by atoms with van der Waals surface area (Å²) in [6.45, 7) is 7.76. The molecule has 3 N–H and O–H groups in total. The van der Waals surface area contributed by atoms with Crippen molar-refractivity contribution in [2.45, 2.75) is 26.3 Å². The molecule has 0 amide bonds. The van der Waals surface area contributed by atoms with Gasteiger partial charge in [0.05, 0.1) is 0 Å². The lowest BCUT2D eigenvalue weighted by Crippen LogP contribution is -2.32. The Bertz CT molecular complexity index is 78.6. The van der Waals surface area contributed by atoms with Gasteiger partial charge in [-0.25, -0.2) is 0 Å². The average Bonchev–Trinajstić information content (AvgIpc) is 1.65. The summed E-state index contributed by atoms with van der Waals surface area (Å²) in [5.41, 5.74) is 3.80. The van der Waals surface area contributed by atoms with Gasteiger partial charge in [-0.3, -0.25) is 11.3 Å². The van der Waals surface area contributed by atoms with Crippen molar-refractivity contribution in [1.82, 2.24) is 5.43 Å². The van der Waals surface area contributed by atoms with E-state index in [-0.39, 0.29) is 0 Å². The highest BCUT2D eigenvalue weighted by Crippen LogP contribution is 1.98. The van der Waals surface area contributed by atoms with Crippen molar-refractivity contribution in [2.24, 2.45) is 5.84 Å². The fourth-order valence-electron chi connectivity index (χ4n) is 0.582. The second-order valence-electron chi connectivity index (χ2n) is 2.23. The van der Waals surface area contributed by atoms with Crippen LogP contribution in [-0.2, 0) is 0 Å². The van der Waals surface area contributed by atoms with E-state index in [4.69, 9.17) is 5.84 Å². The number of nitrogens with two attached hydrogens (primary N) is 1. The second-order valence-corrected chi connectivity index (χ2v) is 2.23. The van der Waals surface area contributed by atoms with Gasteiger partial charge in [0, 0.05) is 6.04 Å². The van der Waals surface area contributed by atoms with Crippen molar-refractivity contribution in [3.63, 3.8) is 0 Å². The standard InChI is InChI=1S/C6H14N2/c1-5(2)4-6(3)8-7/h6,8H,1,4,7H2,2-3H3. The summed E-state index contributed by atoms with van der Waals surface area (Å²) in [7, 11) is 0. The molecule has 0 rings (SSSR count). The van der Waals surface area contributed by atoms with E-state index in [2.05, 4.69) is 12.0 Å². The predicted molar refractivity (Wildman–Crippen MR) is 36.2 cm³/mol. The van der Waals surface area contributed by atoms with Crippen LogP contribution in [0.5, 0.6) is 0 Å². The summed E-state index contributed by atoms with van der Waals surface area (Å²) in [5.74, 6) is 5.13. The molecule has 0 saturated heterocycles. The lowest BCUT2D eigenvalue weighted by molar-refractivity contribution is 0.566. The topological polar surface area (TPSA) is 38.0 Å². The lowest BCUT2D eigenvalue weighted by Gasteiger charge is -2.07. The molecule has 0 heterocycles. The summed E-state index contributed by atoms with van der Waals surface area (Å²) in [6.07, 6.45) is 0.955. The van der Waals surface area contributed by atoms with Gasteiger partial charge in [0.25, 0.3) is 0 Å². The zero-order valence-corrected chi connectivity index (χ0v) is 5.57. The Labute approximate surface area is 50.7 Å². The molecule has 0 aromatic heterocycles. The van der Waals surface area contributed by atoms with E-state index in [1.54, 1.807) is 0 Å². The van der Waals surface area contributed by atoms with Crippen LogP contribution in [0.15, 0.2) is 12.2 Å². The summed E-state index contributed by atoms with van der Waals surface area (Å²) >= 11 is 0. The van der Waals surface area contributed by atoms with E-state index in [0.29, 0.717) is 6.04 Å². The lowest BCUT2D eigenvalue weighted by atomic mass is 10.1. The monoisotopic (exact) mass is 114 g/mol. The molecule has 2 heteroatoms. The van der Waals surface area contributed by atoms with Crippen molar-refractivity contribution in [1.29, 1.82) is 0 Å². The highest BCUT2D eigenvalue weighted by atomic mass is 15.2. The zero-order chi connectivity index (χ0) is 6.57. The quantitative estimate of drug-likeness (QED) is 0.323. The largest absolute Gasteiger partial charge is 0.271 e. The molecule has 0 saturated carbocycles. The molecule has 0 bridgehead atoms. The molecule has 0 aromatic carbocycles. The van der Waals surface area contributed by atoms with Gasteiger partial charge < -0.3 is 0 Å². The van der Waals surface area contributed by atoms with Gasteiger partial charge in [0.1, 0.15) is 0 Å². The first-order valence-electron chi connectivity index (χ1n) is 2.77. The van der Waals surface area contributed by atoms with Crippen LogP contribution >= 0.6 is 0 Å². The minimum absolute atomic E-state index is 0.354. The van der Waals surface area contributed by atoms with Gasteiger partial charge in [0.2, 0.25) is 0 Å². The maximum absolute atomic E-state index is 5.13. The molecule has 0 aliphatic rings. The normalized spacial score (nSPS) is 13.4. The molecule has 0 aromatic rings. The van der Waals surface area contributed by atoms with Gasteiger partial charge in [-0.1, -0.05) is 5.57 Å². The molecule has 0 fully saturated rings.